The molecule has 114 valence electrons. The summed E-state index contributed by atoms with van der Waals surface area (Å²) in [5.41, 5.74) is 0. The molecule has 2 N–H and O–H groups in total. The van der Waals surface area contributed by atoms with E-state index in [1.807, 2.05) is 13.1 Å². The molecule has 7 heteroatoms. The van der Waals surface area contributed by atoms with Gasteiger partial charge in [0.1, 0.15) is 5.76 Å². The van der Waals surface area contributed by atoms with E-state index in [4.69, 9.17) is 4.42 Å². The first-order valence-corrected chi connectivity index (χ1v) is 8.47. The third-order valence-corrected chi connectivity index (χ3v) is 5.26. The van der Waals surface area contributed by atoms with Crippen LogP contribution in [0.5, 0.6) is 0 Å². The molecule has 0 saturated carbocycles. The second-order valence-corrected chi connectivity index (χ2v) is 6.88. The molecule has 1 aliphatic rings. The van der Waals surface area contributed by atoms with Crippen LogP contribution in [0.3, 0.4) is 0 Å². The van der Waals surface area contributed by atoms with Crippen LogP contribution in [-0.4, -0.2) is 45.9 Å². The van der Waals surface area contributed by atoms with Gasteiger partial charge in [-0.05, 0) is 44.5 Å². The van der Waals surface area contributed by atoms with Gasteiger partial charge < -0.3 is 9.73 Å². The van der Waals surface area contributed by atoms with Gasteiger partial charge in [0.2, 0.25) is 0 Å². The van der Waals surface area contributed by atoms with Crippen LogP contribution in [0.15, 0.2) is 22.8 Å². The maximum atomic E-state index is 12.1. The second-order valence-electron chi connectivity index (χ2n) is 5.13. The lowest BCUT2D eigenvalue weighted by atomic mass is 9.98. The van der Waals surface area contributed by atoms with Gasteiger partial charge in [-0.2, -0.15) is 12.7 Å². The van der Waals surface area contributed by atoms with Gasteiger partial charge in [0, 0.05) is 26.1 Å². The van der Waals surface area contributed by atoms with Crippen molar-refractivity contribution in [3.63, 3.8) is 0 Å². The summed E-state index contributed by atoms with van der Waals surface area (Å²) in [4.78, 5) is 0. The van der Waals surface area contributed by atoms with Crippen molar-refractivity contribution in [2.45, 2.75) is 19.3 Å². The average Bonchev–Trinajstić information content (AvgIpc) is 2.93. The molecule has 2 rings (SSSR count). The summed E-state index contributed by atoms with van der Waals surface area (Å²) in [7, 11) is -1.42. The maximum absolute atomic E-state index is 12.1. The highest BCUT2D eigenvalue weighted by Crippen LogP contribution is 2.18. The van der Waals surface area contributed by atoms with Crippen LogP contribution in [0.1, 0.15) is 18.6 Å². The molecule has 1 saturated heterocycles. The fraction of sp³-hybridized carbons (Fsp3) is 0.692. The van der Waals surface area contributed by atoms with Gasteiger partial charge in [-0.1, -0.05) is 0 Å². The Labute approximate surface area is 120 Å². The molecule has 0 amide bonds. The Hall–Kier alpha value is -0.890. The zero-order valence-corrected chi connectivity index (χ0v) is 12.7. The van der Waals surface area contributed by atoms with Crippen LogP contribution in [-0.2, 0) is 16.6 Å². The van der Waals surface area contributed by atoms with E-state index in [2.05, 4.69) is 10.0 Å². The third kappa shape index (κ3) is 4.31. The number of nitrogens with zero attached hydrogens (tertiary/aromatic N) is 1. The van der Waals surface area contributed by atoms with Gasteiger partial charge in [-0.15, -0.1) is 0 Å². The lowest BCUT2D eigenvalue weighted by molar-refractivity contribution is 0.268. The molecule has 0 aliphatic carbocycles. The van der Waals surface area contributed by atoms with Crippen LogP contribution in [0, 0.1) is 5.92 Å². The van der Waals surface area contributed by atoms with Crippen molar-refractivity contribution in [1.82, 2.24) is 14.3 Å². The van der Waals surface area contributed by atoms with Crippen LogP contribution in [0.25, 0.3) is 0 Å². The number of hydrogen-bond acceptors (Lipinski definition) is 4. The Bertz CT molecular complexity index is 479. The van der Waals surface area contributed by atoms with Crippen LogP contribution in [0.2, 0.25) is 0 Å². The molecule has 0 radical (unpaired) electrons. The van der Waals surface area contributed by atoms with Crippen molar-refractivity contribution >= 4 is 10.2 Å². The smallest absolute Gasteiger partial charge is 0.279 e. The summed E-state index contributed by atoms with van der Waals surface area (Å²) in [6.45, 7) is 2.52. The standard InChI is InChI=1S/C13H23N3O3S/c1-14-11-12-5-8-16(9-6-12)20(17,18)15-7-4-13-3-2-10-19-13/h2-3,10,12,14-15H,4-9,11H2,1H3. The number of furan rings is 1. The van der Waals surface area contributed by atoms with Gasteiger partial charge in [0.05, 0.1) is 6.26 Å². The predicted molar refractivity (Wildman–Crippen MR) is 77.6 cm³/mol. The van der Waals surface area contributed by atoms with E-state index >= 15 is 0 Å². The van der Waals surface area contributed by atoms with Crippen LogP contribution >= 0.6 is 0 Å². The molecule has 1 aromatic heterocycles. The summed E-state index contributed by atoms with van der Waals surface area (Å²) in [5, 5.41) is 3.15. The Morgan fingerprint density at radius 2 is 2.15 bits per heavy atom. The Balaban J connectivity index is 1.76. The minimum Gasteiger partial charge on any atom is -0.469 e. The molecular weight excluding hydrogens is 278 g/mol. The van der Waals surface area contributed by atoms with E-state index in [1.54, 1.807) is 16.6 Å². The minimum atomic E-state index is -3.35. The fourth-order valence-corrected chi connectivity index (χ4v) is 3.73. The van der Waals surface area contributed by atoms with E-state index in [0.717, 1.165) is 25.1 Å². The zero-order chi connectivity index (χ0) is 14.4. The molecule has 0 unspecified atom stereocenters. The molecule has 0 atom stereocenters. The molecule has 1 aromatic rings. The van der Waals surface area contributed by atoms with Gasteiger partial charge in [0.15, 0.2) is 0 Å². The highest BCUT2D eigenvalue weighted by molar-refractivity contribution is 7.87. The largest absolute Gasteiger partial charge is 0.469 e. The van der Waals surface area contributed by atoms with E-state index in [9.17, 15) is 8.42 Å². The highest BCUT2D eigenvalue weighted by atomic mass is 32.2. The van der Waals surface area contributed by atoms with Gasteiger partial charge in [-0.3, -0.25) is 0 Å². The lowest BCUT2D eigenvalue weighted by Crippen LogP contribution is -2.46. The molecule has 0 aromatic carbocycles. The van der Waals surface area contributed by atoms with Crippen molar-refractivity contribution < 1.29 is 12.8 Å². The molecule has 20 heavy (non-hydrogen) atoms. The number of rotatable bonds is 7. The molecule has 1 aliphatic heterocycles. The van der Waals surface area contributed by atoms with Crippen molar-refractivity contribution in [2.24, 2.45) is 5.92 Å². The van der Waals surface area contributed by atoms with Gasteiger partial charge in [-0.25, -0.2) is 4.72 Å². The van der Waals surface area contributed by atoms with E-state index in [0.29, 0.717) is 32.0 Å². The Morgan fingerprint density at radius 1 is 1.40 bits per heavy atom. The van der Waals surface area contributed by atoms with E-state index in [-0.39, 0.29) is 0 Å². The van der Waals surface area contributed by atoms with Gasteiger partial charge in [0.25, 0.3) is 10.2 Å². The van der Waals surface area contributed by atoms with Crippen molar-refractivity contribution in [3.8, 4) is 0 Å². The quantitative estimate of drug-likeness (QED) is 0.773. The first-order chi connectivity index (χ1) is 9.62. The summed E-state index contributed by atoms with van der Waals surface area (Å²) < 4.78 is 33.7. The molecule has 1 fully saturated rings. The lowest BCUT2D eigenvalue weighted by Gasteiger charge is -2.31. The van der Waals surface area contributed by atoms with Gasteiger partial charge >= 0.3 is 0 Å². The predicted octanol–water partition coefficient (Wildman–Crippen LogP) is 0.588. The second kappa shape index (κ2) is 7.21. The SMILES string of the molecule is CNCC1CCN(S(=O)(=O)NCCc2ccco2)CC1. The Morgan fingerprint density at radius 3 is 2.75 bits per heavy atom. The number of hydrogen-bond donors (Lipinski definition) is 2. The van der Waals surface area contributed by atoms with E-state index in [1.165, 1.54) is 0 Å². The summed E-state index contributed by atoms with van der Waals surface area (Å²) in [5.74, 6) is 1.37. The van der Waals surface area contributed by atoms with E-state index < -0.39 is 10.2 Å². The van der Waals surface area contributed by atoms with Crippen LogP contribution in [0.4, 0.5) is 0 Å². The third-order valence-electron chi connectivity index (χ3n) is 3.64. The maximum Gasteiger partial charge on any atom is 0.279 e. The topological polar surface area (TPSA) is 74.6 Å². The summed E-state index contributed by atoms with van der Waals surface area (Å²) in [6, 6.07) is 3.65. The normalized spacial score (nSPS) is 18.4. The Kier molecular flexibility index (Phi) is 5.59. The highest BCUT2D eigenvalue weighted by Gasteiger charge is 2.27. The molecule has 6 nitrogen and oxygen atoms in total. The minimum absolute atomic E-state index is 0.367. The fourth-order valence-electron chi connectivity index (χ4n) is 2.49. The molecule has 0 spiro atoms. The number of piperidine rings is 1. The van der Waals surface area contributed by atoms with Crippen molar-refractivity contribution in [3.05, 3.63) is 24.2 Å². The summed E-state index contributed by atoms with van der Waals surface area (Å²) >= 11 is 0. The zero-order valence-electron chi connectivity index (χ0n) is 11.8. The monoisotopic (exact) mass is 301 g/mol. The summed E-state index contributed by atoms with van der Waals surface area (Å²) in [6.07, 6.45) is 4.00. The number of nitrogens with one attached hydrogen (secondary N) is 2. The molecular formula is C13H23N3O3S. The first-order valence-electron chi connectivity index (χ1n) is 7.03. The van der Waals surface area contributed by atoms with Crippen molar-refractivity contribution in [1.29, 1.82) is 0 Å². The first kappa shape index (κ1) is 15.5. The molecule has 0 bridgehead atoms. The molecule has 2 heterocycles. The average molecular weight is 301 g/mol. The van der Waals surface area contributed by atoms with Crippen molar-refractivity contribution in [2.75, 3.05) is 33.2 Å². The van der Waals surface area contributed by atoms with Crippen LogP contribution < -0.4 is 10.0 Å².